The van der Waals surface area contributed by atoms with E-state index in [9.17, 15) is 29.1 Å². The molecule has 5 amide bonds. The van der Waals surface area contributed by atoms with Crippen molar-refractivity contribution < 1.29 is 39.3 Å². The van der Waals surface area contributed by atoms with Gasteiger partial charge in [0.05, 0.1) is 22.2 Å². The lowest BCUT2D eigenvalue weighted by Crippen LogP contribution is -2.59. The first-order valence-corrected chi connectivity index (χ1v) is 20.3. The largest absolute Gasteiger partial charge is 0.465 e. The Kier molecular flexibility index (Phi) is 18.4. The van der Waals surface area contributed by atoms with E-state index in [1.807, 2.05) is 45.0 Å². The van der Waals surface area contributed by atoms with Gasteiger partial charge in [0.2, 0.25) is 17.7 Å². The number of unbranched alkanes of at least 4 members (excludes halogenated alkanes) is 7. The van der Waals surface area contributed by atoms with E-state index in [1.54, 1.807) is 28.6 Å². The Morgan fingerprint density at radius 1 is 0.906 bits per heavy atom. The predicted octanol–water partition coefficient (Wildman–Crippen LogP) is 5.13. The lowest BCUT2D eigenvalue weighted by atomic mass is 10.00. The van der Waals surface area contributed by atoms with Gasteiger partial charge in [0.1, 0.15) is 12.1 Å². The number of aryl methyl sites for hydroxylation is 1. The third kappa shape index (κ3) is 15.2. The number of thioether (sulfide) groups is 1. The van der Waals surface area contributed by atoms with E-state index >= 15 is 0 Å². The Morgan fingerprint density at radius 2 is 1.51 bits per heavy atom. The minimum absolute atomic E-state index is 0.0198. The summed E-state index contributed by atoms with van der Waals surface area (Å²) < 4.78 is -0.749. The Balaban J connectivity index is 1.62. The fourth-order valence-corrected chi connectivity index (χ4v) is 8.24. The molecule has 1 aromatic carbocycles. The molecular formula is C37H56N6O8S2. The highest BCUT2D eigenvalue weighted by atomic mass is 32.2. The summed E-state index contributed by atoms with van der Waals surface area (Å²) in [7, 11) is 0. The van der Waals surface area contributed by atoms with Crippen molar-refractivity contribution in [2.24, 2.45) is 0 Å². The van der Waals surface area contributed by atoms with Crippen LogP contribution in [0.1, 0.15) is 95.7 Å². The summed E-state index contributed by atoms with van der Waals surface area (Å²) in [6.07, 6.45) is 4.46. The van der Waals surface area contributed by atoms with E-state index < -0.39 is 41.0 Å². The van der Waals surface area contributed by atoms with Crippen molar-refractivity contribution in [2.45, 2.75) is 121 Å². The maximum absolute atomic E-state index is 14.3. The van der Waals surface area contributed by atoms with Gasteiger partial charge in [-0.05, 0) is 63.3 Å². The number of aromatic nitrogens is 1. The number of carboxylic acid groups (broad SMARTS) is 2. The van der Waals surface area contributed by atoms with E-state index in [-0.39, 0.29) is 37.7 Å². The van der Waals surface area contributed by atoms with Crippen molar-refractivity contribution in [2.75, 3.05) is 25.4 Å². The highest BCUT2D eigenvalue weighted by Crippen LogP contribution is 2.33. The first-order chi connectivity index (χ1) is 25.3. The van der Waals surface area contributed by atoms with Gasteiger partial charge in [0.15, 0.2) is 0 Å². The minimum atomic E-state index is -1.04. The van der Waals surface area contributed by atoms with Crippen molar-refractivity contribution in [1.29, 1.82) is 0 Å². The van der Waals surface area contributed by atoms with Gasteiger partial charge >= 0.3 is 12.2 Å². The third-order valence-electron chi connectivity index (χ3n) is 9.22. The molecule has 53 heavy (non-hydrogen) atoms. The molecule has 14 nitrogen and oxygen atoms in total. The summed E-state index contributed by atoms with van der Waals surface area (Å²) in [5.74, 6) is -0.344. The van der Waals surface area contributed by atoms with Crippen LogP contribution in [0.2, 0.25) is 0 Å². The van der Waals surface area contributed by atoms with Crippen molar-refractivity contribution in [3.05, 3.63) is 41.0 Å². The molecule has 0 unspecified atom stereocenters. The van der Waals surface area contributed by atoms with Crippen LogP contribution in [0.15, 0.2) is 29.8 Å². The Labute approximate surface area is 320 Å². The highest BCUT2D eigenvalue weighted by molar-refractivity contribution is 8.00. The molecule has 2 aromatic rings. The molecule has 1 aromatic heterocycles. The molecule has 0 saturated carbocycles. The lowest BCUT2D eigenvalue weighted by Gasteiger charge is -2.37. The van der Waals surface area contributed by atoms with Gasteiger partial charge in [0, 0.05) is 43.8 Å². The van der Waals surface area contributed by atoms with Crippen molar-refractivity contribution in [1.82, 2.24) is 31.2 Å². The first kappa shape index (κ1) is 43.5. The molecule has 0 bridgehead atoms. The summed E-state index contributed by atoms with van der Waals surface area (Å²) in [6, 6.07) is 6.01. The van der Waals surface area contributed by atoms with Gasteiger partial charge in [-0.1, -0.05) is 56.4 Å². The molecule has 0 aliphatic carbocycles. The number of amides is 5. The van der Waals surface area contributed by atoms with Crippen LogP contribution in [0.4, 0.5) is 9.59 Å². The molecule has 294 valence electrons. The van der Waals surface area contributed by atoms with E-state index in [1.165, 1.54) is 4.90 Å². The maximum atomic E-state index is 14.3. The Hall–Kier alpha value is -3.89. The van der Waals surface area contributed by atoms with Gasteiger partial charge in [0.25, 0.3) is 0 Å². The van der Waals surface area contributed by atoms with Gasteiger partial charge in [-0.25, -0.2) is 14.6 Å². The number of aliphatic hydroxyl groups is 1. The number of rotatable bonds is 23. The highest BCUT2D eigenvalue weighted by Gasteiger charge is 2.46. The second kappa shape index (κ2) is 22.4. The van der Waals surface area contributed by atoms with Gasteiger partial charge in [-0.2, -0.15) is 11.8 Å². The molecule has 2 heterocycles. The Morgan fingerprint density at radius 3 is 2.11 bits per heavy atom. The molecule has 3 rings (SSSR count). The number of hydrogen-bond acceptors (Lipinski definition) is 9. The fourth-order valence-electron chi connectivity index (χ4n) is 6.23. The number of nitrogens with zero attached hydrogens (tertiary/aromatic N) is 2. The summed E-state index contributed by atoms with van der Waals surface area (Å²) in [5, 5.41) is 38.7. The first-order valence-electron chi connectivity index (χ1n) is 18.4. The van der Waals surface area contributed by atoms with Crippen LogP contribution < -0.4 is 21.3 Å². The number of aliphatic hydroxyl groups excluding tert-OH is 1. The number of likely N-dealkylation sites (tertiary alicyclic amines) is 1. The smallest absolute Gasteiger partial charge is 0.404 e. The van der Waals surface area contributed by atoms with Crippen LogP contribution in [0.25, 0.3) is 10.4 Å². The molecular weight excluding hydrogens is 721 g/mol. The quantitative estimate of drug-likeness (QED) is 0.0740. The van der Waals surface area contributed by atoms with Gasteiger partial charge < -0.3 is 41.5 Å². The molecule has 16 heteroatoms. The normalized spacial score (nSPS) is 16.2. The molecule has 1 fully saturated rings. The zero-order valence-electron chi connectivity index (χ0n) is 31.0. The third-order valence-corrected chi connectivity index (χ3v) is 11.7. The monoisotopic (exact) mass is 776 g/mol. The molecule has 1 aliphatic heterocycles. The van der Waals surface area contributed by atoms with Crippen molar-refractivity contribution >= 4 is 53.0 Å². The number of carbonyl (C=O) groups excluding carboxylic acids is 3. The molecule has 1 aliphatic rings. The molecule has 1 saturated heterocycles. The number of hydrogen-bond donors (Lipinski definition) is 7. The van der Waals surface area contributed by atoms with Crippen molar-refractivity contribution in [3.8, 4) is 10.4 Å². The van der Waals surface area contributed by atoms with E-state index in [4.69, 9.17) is 10.2 Å². The van der Waals surface area contributed by atoms with Crippen LogP contribution in [0, 0.1) is 6.92 Å². The standard InChI is InChI=1S/C37H56N6O8S2/c1-25-31(52-24-41-25)27-16-14-26(15-17-27)22-40-33(46)29-21-28(44)23-43(29)34(47)32(37(2,3)53-20-12-8-7-11-19-39-36(50)51)42-30(45)13-9-5-4-6-10-18-38-35(48)49/h14-17,24,28-29,32,38-39,44H,4-13,18-23H2,1-3H3,(H,40,46)(H,42,45)(H,48,49)(H,50,51)/t28-,29+,32-/m1/s1. The van der Waals surface area contributed by atoms with Crippen LogP contribution in [0.3, 0.4) is 0 Å². The number of β-amino-alcohol motifs (C(OH)–C–C–N with tert-alkyl or cyclic N) is 1. The van der Waals surface area contributed by atoms with E-state index in [0.717, 1.165) is 73.1 Å². The zero-order chi connectivity index (χ0) is 38.8. The molecule has 0 spiro atoms. The van der Waals surface area contributed by atoms with Crippen LogP contribution in [-0.2, 0) is 20.9 Å². The van der Waals surface area contributed by atoms with Gasteiger partial charge in [-0.3, -0.25) is 14.4 Å². The SMILES string of the molecule is Cc1ncsc1-c1ccc(CNC(=O)[C@@H]2C[C@@H](O)CN2C(=O)[C@@H](NC(=O)CCCCCCCNC(=O)O)C(C)(C)SCCCCCCNC(=O)O)cc1. The second-order valence-corrected chi connectivity index (χ2v) is 16.5. The lowest BCUT2D eigenvalue weighted by molar-refractivity contribution is -0.142. The fraction of sp³-hybridized carbons (Fsp3) is 0.622. The van der Waals surface area contributed by atoms with Gasteiger partial charge in [-0.15, -0.1) is 11.3 Å². The Bertz CT molecular complexity index is 1490. The number of carbonyl (C=O) groups is 5. The van der Waals surface area contributed by atoms with E-state index in [2.05, 4.69) is 26.3 Å². The summed E-state index contributed by atoms with van der Waals surface area (Å²) in [4.78, 5) is 69.2. The van der Waals surface area contributed by atoms with E-state index in [0.29, 0.717) is 25.3 Å². The van der Waals surface area contributed by atoms with Crippen LogP contribution >= 0.6 is 23.1 Å². The molecule has 3 atom stereocenters. The zero-order valence-corrected chi connectivity index (χ0v) is 32.7. The number of thiazole rings is 1. The summed E-state index contributed by atoms with van der Waals surface area (Å²) in [5.41, 5.74) is 4.70. The minimum Gasteiger partial charge on any atom is -0.465 e. The maximum Gasteiger partial charge on any atom is 0.404 e. The summed E-state index contributed by atoms with van der Waals surface area (Å²) >= 11 is 3.13. The molecule has 0 radical (unpaired) electrons. The summed E-state index contributed by atoms with van der Waals surface area (Å²) in [6.45, 7) is 6.78. The van der Waals surface area contributed by atoms with Crippen molar-refractivity contribution in [3.63, 3.8) is 0 Å². The number of nitrogens with one attached hydrogen (secondary N) is 4. The molecule has 7 N–H and O–H groups in total. The predicted molar refractivity (Wildman–Crippen MR) is 207 cm³/mol. The van der Waals surface area contributed by atoms with Crippen LogP contribution in [-0.4, -0.2) is 103 Å². The average molecular weight is 777 g/mol. The second-order valence-electron chi connectivity index (χ2n) is 13.9. The van der Waals surface area contributed by atoms with Crippen LogP contribution in [0.5, 0.6) is 0 Å². The topological polar surface area (TPSA) is 210 Å². The average Bonchev–Trinajstić information content (AvgIpc) is 3.73. The number of benzene rings is 1.